The van der Waals surface area contributed by atoms with Gasteiger partial charge < -0.3 is 4.52 Å². The zero-order valence-corrected chi connectivity index (χ0v) is 16.1. The molecule has 148 valence electrons. The van der Waals surface area contributed by atoms with Crippen molar-refractivity contribution in [3.8, 4) is 11.3 Å². The van der Waals surface area contributed by atoms with Gasteiger partial charge in [-0.25, -0.2) is 8.42 Å². The highest BCUT2D eigenvalue weighted by Crippen LogP contribution is 2.33. The van der Waals surface area contributed by atoms with E-state index in [1.807, 2.05) is 6.92 Å². The van der Waals surface area contributed by atoms with Crippen molar-refractivity contribution in [2.75, 3.05) is 11.4 Å². The number of benzene rings is 2. The van der Waals surface area contributed by atoms with E-state index >= 15 is 0 Å². The molecule has 0 saturated heterocycles. The van der Waals surface area contributed by atoms with Gasteiger partial charge in [0.05, 0.1) is 10.6 Å². The summed E-state index contributed by atoms with van der Waals surface area (Å²) < 4.78 is 69.8. The van der Waals surface area contributed by atoms with Crippen LogP contribution in [0.2, 0.25) is 0 Å². The molecule has 9 heteroatoms. The molecule has 2 aromatic carbocycles. The highest BCUT2D eigenvalue weighted by atomic mass is 32.2. The number of sulfonamides is 1. The zero-order chi connectivity index (χ0) is 20.7. The molecule has 0 aliphatic carbocycles. The maximum atomic E-state index is 13.1. The lowest BCUT2D eigenvalue weighted by atomic mass is 10.1. The number of halogens is 3. The molecule has 0 aliphatic heterocycles. The third-order valence-corrected chi connectivity index (χ3v) is 6.24. The van der Waals surface area contributed by atoms with Gasteiger partial charge in [0, 0.05) is 18.7 Å². The normalized spacial score (nSPS) is 12.2. The van der Waals surface area contributed by atoms with Crippen molar-refractivity contribution < 1.29 is 26.1 Å². The summed E-state index contributed by atoms with van der Waals surface area (Å²) >= 11 is 0. The Balaban J connectivity index is 2.03. The van der Waals surface area contributed by atoms with Gasteiger partial charge in [-0.3, -0.25) is 4.31 Å². The van der Waals surface area contributed by atoms with Gasteiger partial charge in [0.1, 0.15) is 5.69 Å². The number of aryl methyl sites for hydroxylation is 2. The molecule has 3 aromatic rings. The van der Waals surface area contributed by atoms with Crippen molar-refractivity contribution in [2.24, 2.45) is 0 Å². The number of aromatic nitrogens is 1. The van der Waals surface area contributed by atoms with Crippen LogP contribution in [0.25, 0.3) is 11.3 Å². The predicted molar refractivity (Wildman–Crippen MR) is 98.4 cm³/mol. The van der Waals surface area contributed by atoms with E-state index in [9.17, 15) is 21.6 Å². The molecule has 1 heterocycles. The summed E-state index contributed by atoms with van der Waals surface area (Å²) in [7, 11) is -2.51. The molecule has 0 aliphatic rings. The summed E-state index contributed by atoms with van der Waals surface area (Å²) in [6.45, 7) is 3.50. The number of rotatable bonds is 4. The van der Waals surface area contributed by atoms with Crippen LogP contribution in [0.5, 0.6) is 0 Å². The Labute approximate surface area is 160 Å². The average Bonchev–Trinajstić information content (AvgIpc) is 3.12. The molecule has 28 heavy (non-hydrogen) atoms. The molecule has 0 radical (unpaired) electrons. The monoisotopic (exact) mass is 410 g/mol. The van der Waals surface area contributed by atoms with Gasteiger partial charge in [0.2, 0.25) is 5.76 Å². The largest absolute Gasteiger partial charge is 0.452 e. The first-order valence-corrected chi connectivity index (χ1v) is 9.64. The van der Waals surface area contributed by atoms with E-state index in [1.165, 1.54) is 25.2 Å². The molecule has 0 bridgehead atoms. The van der Waals surface area contributed by atoms with Crippen LogP contribution < -0.4 is 4.31 Å². The highest BCUT2D eigenvalue weighted by Gasteiger charge is 2.36. The van der Waals surface area contributed by atoms with Crippen LogP contribution in [0.1, 0.15) is 16.9 Å². The van der Waals surface area contributed by atoms with Gasteiger partial charge in [-0.15, -0.1) is 0 Å². The van der Waals surface area contributed by atoms with E-state index in [0.717, 1.165) is 15.9 Å². The number of alkyl halides is 3. The first-order chi connectivity index (χ1) is 13.0. The summed E-state index contributed by atoms with van der Waals surface area (Å²) in [5.74, 6) is -1.25. The standard InChI is InChI=1S/C19H17F3N2O3S/c1-12-4-8-15(9-5-12)24(3)28(25,26)17-10-14(7-6-13(17)2)16-11-18(27-23-16)19(20,21)22/h4-11H,1-3H3. The predicted octanol–water partition coefficient (Wildman–Crippen LogP) is 4.80. The Kier molecular flexibility index (Phi) is 4.97. The fraction of sp³-hybridized carbons (Fsp3) is 0.211. The lowest BCUT2D eigenvalue weighted by Gasteiger charge is -2.21. The smallest absolute Gasteiger partial charge is 0.351 e. The van der Waals surface area contributed by atoms with Crippen LogP contribution in [-0.4, -0.2) is 20.6 Å². The minimum Gasteiger partial charge on any atom is -0.351 e. The summed E-state index contributed by atoms with van der Waals surface area (Å²) in [6, 6.07) is 12.0. The van der Waals surface area contributed by atoms with Crippen molar-refractivity contribution in [3.05, 3.63) is 65.4 Å². The molecule has 0 atom stereocenters. The average molecular weight is 410 g/mol. The van der Waals surface area contributed by atoms with Gasteiger partial charge in [-0.2, -0.15) is 13.2 Å². The Morgan fingerprint density at radius 3 is 2.21 bits per heavy atom. The van der Waals surface area contributed by atoms with E-state index in [0.29, 0.717) is 11.3 Å². The Hall–Kier alpha value is -2.81. The molecule has 0 spiro atoms. The number of nitrogens with zero attached hydrogens (tertiary/aromatic N) is 2. The molecular weight excluding hydrogens is 393 g/mol. The summed E-state index contributed by atoms with van der Waals surface area (Å²) in [4.78, 5) is -0.0235. The van der Waals surface area contributed by atoms with Gasteiger partial charge >= 0.3 is 6.18 Å². The highest BCUT2D eigenvalue weighted by molar-refractivity contribution is 7.92. The van der Waals surface area contributed by atoms with E-state index in [1.54, 1.807) is 31.2 Å². The molecule has 0 saturated carbocycles. The van der Waals surface area contributed by atoms with E-state index < -0.39 is 22.0 Å². The van der Waals surface area contributed by atoms with E-state index in [2.05, 4.69) is 9.68 Å². The molecule has 0 N–H and O–H groups in total. The third kappa shape index (κ3) is 3.75. The van der Waals surface area contributed by atoms with Gasteiger partial charge in [-0.05, 0) is 37.6 Å². The van der Waals surface area contributed by atoms with Crippen molar-refractivity contribution in [1.82, 2.24) is 5.16 Å². The first kappa shape index (κ1) is 19.9. The van der Waals surface area contributed by atoms with Crippen molar-refractivity contribution in [2.45, 2.75) is 24.9 Å². The minimum absolute atomic E-state index is 0.0235. The van der Waals surface area contributed by atoms with Crippen molar-refractivity contribution in [3.63, 3.8) is 0 Å². The zero-order valence-electron chi connectivity index (χ0n) is 15.3. The quantitative estimate of drug-likeness (QED) is 0.620. The Morgan fingerprint density at radius 2 is 1.64 bits per heavy atom. The topological polar surface area (TPSA) is 63.4 Å². The molecule has 3 rings (SSSR count). The molecule has 1 aromatic heterocycles. The lowest BCUT2D eigenvalue weighted by molar-refractivity contribution is -0.155. The summed E-state index contributed by atoms with van der Waals surface area (Å²) in [5, 5.41) is 3.42. The van der Waals surface area contributed by atoms with Crippen LogP contribution in [-0.2, 0) is 16.2 Å². The maximum absolute atomic E-state index is 13.1. The number of hydrogen-bond donors (Lipinski definition) is 0. The number of hydrogen-bond acceptors (Lipinski definition) is 4. The van der Waals surface area contributed by atoms with Crippen LogP contribution >= 0.6 is 0 Å². The lowest BCUT2D eigenvalue weighted by Crippen LogP contribution is -2.27. The fourth-order valence-electron chi connectivity index (χ4n) is 2.62. The van der Waals surface area contributed by atoms with Crippen molar-refractivity contribution >= 4 is 15.7 Å². The molecule has 0 unspecified atom stereocenters. The second kappa shape index (κ2) is 6.97. The summed E-state index contributed by atoms with van der Waals surface area (Å²) in [5.41, 5.74) is 2.03. The second-order valence-corrected chi connectivity index (χ2v) is 8.30. The SMILES string of the molecule is Cc1ccc(N(C)S(=O)(=O)c2cc(-c3cc(C(F)(F)F)on3)ccc2C)cc1. The van der Waals surface area contributed by atoms with Crippen LogP contribution in [0.4, 0.5) is 18.9 Å². The van der Waals surface area contributed by atoms with Crippen LogP contribution in [0.3, 0.4) is 0 Å². The van der Waals surface area contributed by atoms with E-state index in [-0.39, 0.29) is 16.2 Å². The Morgan fingerprint density at radius 1 is 1.00 bits per heavy atom. The van der Waals surface area contributed by atoms with Crippen molar-refractivity contribution in [1.29, 1.82) is 0 Å². The third-order valence-electron chi connectivity index (χ3n) is 4.31. The fourth-order valence-corrected chi connectivity index (χ4v) is 4.07. The molecule has 0 amide bonds. The maximum Gasteiger partial charge on any atom is 0.452 e. The summed E-state index contributed by atoms with van der Waals surface area (Å²) in [6.07, 6.45) is -4.67. The molecular formula is C19H17F3N2O3S. The van der Waals surface area contributed by atoms with Gasteiger partial charge in [0.25, 0.3) is 10.0 Å². The van der Waals surface area contributed by atoms with Gasteiger partial charge in [0.15, 0.2) is 0 Å². The second-order valence-electron chi connectivity index (χ2n) is 6.36. The minimum atomic E-state index is -4.67. The molecule has 5 nitrogen and oxygen atoms in total. The number of anilines is 1. The molecule has 0 fully saturated rings. The van der Waals surface area contributed by atoms with E-state index in [4.69, 9.17) is 0 Å². The Bertz CT molecular complexity index is 1100. The van der Waals surface area contributed by atoms with Crippen LogP contribution in [0.15, 0.2) is 57.9 Å². The van der Waals surface area contributed by atoms with Crippen LogP contribution in [0, 0.1) is 13.8 Å². The first-order valence-electron chi connectivity index (χ1n) is 8.20. The van der Waals surface area contributed by atoms with Gasteiger partial charge in [-0.1, -0.05) is 35.0 Å².